The molecule has 0 bridgehead atoms. The van der Waals surface area contributed by atoms with Gasteiger partial charge in [0.2, 0.25) is 0 Å². The minimum Gasteiger partial charge on any atom is -0.496 e. The van der Waals surface area contributed by atoms with Gasteiger partial charge in [-0.3, -0.25) is 0 Å². The van der Waals surface area contributed by atoms with Crippen LogP contribution in [0.4, 0.5) is 0 Å². The quantitative estimate of drug-likeness (QED) is 0.832. The molecule has 2 rings (SSSR count). The first-order chi connectivity index (χ1) is 9.33. The number of thioether (sulfide) groups is 1. The van der Waals surface area contributed by atoms with E-state index in [0.29, 0.717) is 6.10 Å². The van der Waals surface area contributed by atoms with Crippen molar-refractivity contribution in [1.82, 2.24) is 5.32 Å². The average Bonchev–Trinajstić information content (AvgIpc) is 2.93. The molecule has 0 amide bonds. The first-order valence-electron chi connectivity index (χ1n) is 6.83. The molecule has 1 unspecified atom stereocenters. The van der Waals surface area contributed by atoms with Gasteiger partial charge in [0.15, 0.2) is 0 Å². The van der Waals surface area contributed by atoms with E-state index in [-0.39, 0.29) is 0 Å². The Hall–Kier alpha value is -0.710. The number of nitrogens with one attached hydrogen (secondary N) is 1. The highest BCUT2D eigenvalue weighted by Gasteiger charge is 2.15. The molecule has 1 fully saturated rings. The molecule has 106 valence electrons. The molecule has 1 aromatic carbocycles. The number of benzene rings is 1. The van der Waals surface area contributed by atoms with Crippen LogP contribution in [-0.4, -0.2) is 32.6 Å². The molecular weight excluding hydrogens is 258 g/mol. The Morgan fingerprint density at radius 2 is 2.37 bits per heavy atom. The zero-order valence-corrected chi connectivity index (χ0v) is 12.6. The molecule has 1 atom stereocenters. The van der Waals surface area contributed by atoms with E-state index < -0.39 is 0 Å². The van der Waals surface area contributed by atoms with Crippen molar-refractivity contribution < 1.29 is 9.47 Å². The Bertz CT molecular complexity index is 392. The fourth-order valence-electron chi connectivity index (χ4n) is 2.33. The van der Waals surface area contributed by atoms with Gasteiger partial charge in [0, 0.05) is 30.2 Å². The maximum atomic E-state index is 5.65. The van der Waals surface area contributed by atoms with Crippen molar-refractivity contribution in [2.75, 3.05) is 26.5 Å². The fourth-order valence-corrected chi connectivity index (χ4v) is 3.42. The zero-order valence-electron chi connectivity index (χ0n) is 11.8. The van der Waals surface area contributed by atoms with Crippen LogP contribution in [0.3, 0.4) is 0 Å². The van der Waals surface area contributed by atoms with Gasteiger partial charge in [-0.25, -0.2) is 0 Å². The summed E-state index contributed by atoms with van der Waals surface area (Å²) in [4.78, 5) is 0. The van der Waals surface area contributed by atoms with Gasteiger partial charge >= 0.3 is 0 Å². The second-order valence-corrected chi connectivity index (χ2v) is 5.86. The number of ether oxygens (including phenoxy) is 2. The Morgan fingerprint density at radius 3 is 3.05 bits per heavy atom. The van der Waals surface area contributed by atoms with E-state index in [0.717, 1.165) is 30.4 Å². The highest BCUT2D eigenvalue weighted by Crippen LogP contribution is 2.26. The summed E-state index contributed by atoms with van der Waals surface area (Å²) < 4.78 is 11.1. The summed E-state index contributed by atoms with van der Waals surface area (Å²) in [5.74, 6) is 3.06. The molecule has 1 saturated heterocycles. The monoisotopic (exact) mass is 281 g/mol. The maximum Gasteiger partial charge on any atom is 0.122 e. The number of hydrogen-bond acceptors (Lipinski definition) is 4. The second kappa shape index (κ2) is 7.78. The van der Waals surface area contributed by atoms with Gasteiger partial charge in [0.25, 0.3) is 0 Å². The van der Waals surface area contributed by atoms with E-state index in [2.05, 4.69) is 23.5 Å². The molecular formula is C15H23NO2S. The standard InChI is InChI=1S/C15H23NO2S/c1-16-9-12-5-6-15(17-2)13(8-12)10-19-11-14-4-3-7-18-14/h5-6,8,14,16H,3-4,7,9-11H2,1-2H3. The Labute approximate surface area is 120 Å². The van der Waals surface area contributed by atoms with Crippen LogP contribution in [0.1, 0.15) is 24.0 Å². The Kier molecular flexibility index (Phi) is 6.01. The molecule has 0 radical (unpaired) electrons. The molecule has 1 aliphatic heterocycles. The summed E-state index contributed by atoms with van der Waals surface area (Å²) in [7, 11) is 3.71. The maximum absolute atomic E-state index is 5.65. The lowest BCUT2D eigenvalue weighted by Crippen LogP contribution is -2.08. The van der Waals surface area contributed by atoms with E-state index in [9.17, 15) is 0 Å². The van der Waals surface area contributed by atoms with Gasteiger partial charge in [-0.05, 0) is 37.6 Å². The summed E-state index contributed by atoms with van der Waals surface area (Å²) in [6.45, 7) is 1.83. The molecule has 0 aliphatic carbocycles. The van der Waals surface area contributed by atoms with E-state index >= 15 is 0 Å². The summed E-state index contributed by atoms with van der Waals surface area (Å²) in [5.41, 5.74) is 2.58. The molecule has 3 nitrogen and oxygen atoms in total. The predicted octanol–water partition coefficient (Wildman–Crippen LogP) is 2.83. The van der Waals surface area contributed by atoms with Gasteiger partial charge in [0.1, 0.15) is 5.75 Å². The molecule has 0 aromatic heterocycles. The third-order valence-electron chi connectivity index (χ3n) is 3.31. The van der Waals surface area contributed by atoms with Crippen molar-refractivity contribution in [1.29, 1.82) is 0 Å². The second-order valence-electron chi connectivity index (χ2n) is 4.83. The van der Waals surface area contributed by atoms with E-state index in [4.69, 9.17) is 9.47 Å². The highest BCUT2D eigenvalue weighted by atomic mass is 32.2. The Balaban J connectivity index is 1.90. The molecule has 0 spiro atoms. The lowest BCUT2D eigenvalue weighted by Gasteiger charge is -2.12. The van der Waals surface area contributed by atoms with E-state index in [1.807, 2.05) is 18.8 Å². The normalized spacial score (nSPS) is 18.7. The third kappa shape index (κ3) is 4.41. The lowest BCUT2D eigenvalue weighted by molar-refractivity contribution is 0.129. The molecule has 1 aromatic rings. The van der Waals surface area contributed by atoms with Crippen LogP contribution in [0.5, 0.6) is 5.75 Å². The molecule has 1 heterocycles. The smallest absolute Gasteiger partial charge is 0.122 e. The van der Waals surface area contributed by atoms with Gasteiger partial charge < -0.3 is 14.8 Å². The molecule has 1 aliphatic rings. The largest absolute Gasteiger partial charge is 0.496 e. The van der Waals surface area contributed by atoms with Gasteiger partial charge in [0.05, 0.1) is 13.2 Å². The number of methoxy groups -OCH3 is 1. The van der Waals surface area contributed by atoms with E-state index in [1.54, 1.807) is 7.11 Å². The Morgan fingerprint density at radius 1 is 1.47 bits per heavy atom. The van der Waals surface area contributed by atoms with Crippen molar-refractivity contribution >= 4 is 11.8 Å². The fraction of sp³-hybridized carbons (Fsp3) is 0.600. The summed E-state index contributed by atoms with van der Waals surface area (Å²) in [6.07, 6.45) is 2.88. The van der Waals surface area contributed by atoms with Gasteiger partial charge in [-0.1, -0.05) is 6.07 Å². The van der Waals surface area contributed by atoms with Crippen molar-refractivity contribution in [3.05, 3.63) is 29.3 Å². The summed E-state index contributed by atoms with van der Waals surface area (Å²) in [5, 5.41) is 3.18. The molecule has 0 saturated carbocycles. The van der Waals surface area contributed by atoms with Crippen LogP contribution in [0, 0.1) is 0 Å². The van der Waals surface area contributed by atoms with Gasteiger partial charge in [-0.2, -0.15) is 11.8 Å². The molecule has 1 N–H and O–H groups in total. The molecule has 19 heavy (non-hydrogen) atoms. The number of hydrogen-bond donors (Lipinski definition) is 1. The van der Waals surface area contributed by atoms with Crippen LogP contribution >= 0.6 is 11.8 Å². The minimum absolute atomic E-state index is 0.455. The predicted molar refractivity (Wildman–Crippen MR) is 80.9 cm³/mol. The molecule has 4 heteroatoms. The van der Waals surface area contributed by atoms with Crippen LogP contribution in [0.15, 0.2) is 18.2 Å². The third-order valence-corrected chi connectivity index (χ3v) is 4.43. The lowest BCUT2D eigenvalue weighted by atomic mass is 10.1. The first kappa shape index (κ1) is 14.7. The summed E-state index contributed by atoms with van der Waals surface area (Å²) in [6, 6.07) is 6.41. The van der Waals surface area contributed by atoms with Crippen LogP contribution in [-0.2, 0) is 17.0 Å². The van der Waals surface area contributed by atoms with E-state index in [1.165, 1.54) is 24.0 Å². The topological polar surface area (TPSA) is 30.5 Å². The average molecular weight is 281 g/mol. The van der Waals surface area contributed by atoms with Crippen molar-refractivity contribution in [3.8, 4) is 5.75 Å². The van der Waals surface area contributed by atoms with Crippen molar-refractivity contribution in [3.63, 3.8) is 0 Å². The van der Waals surface area contributed by atoms with Crippen LogP contribution < -0.4 is 10.1 Å². The highest BCUT2D eigenvalue weighted by molar-refractivity contribution is 7.98. The SMILES string of the molecule is CNCc1ccc(OC)c(CSCC2CCCO2)c1. The van der Waals surface area contributed by atoms with Crippen LogP contribution in [0.2, 0.25) is 0 Å². The minimum atomic E-state index is 0.455. The summed E-state index contributed by atoms with van der Waals surface area (Å²) >= 11 is 1.93. The first-order valence-corrected chi connectivity index (χ1v) is 7.98. The zero-order chi connectivity index (χ0) is 13.5. The van der Waals surface area contributed by atoms with Crippen LogP contribution in [0.25, 0.3) is 0 Å². The van der Waals surface area contributed by atoms with Crippen molar-refractivity contribution in [2.45, 2.75) is 31.2 Å². The van der Waals surface area contributed by atoms with Gasteiger partial charge in [-0.15, -0.1) is 0 Å². The van der Waals surface area contributed by atoms with Crippen molar-refractivity contribution in [2.24, 2.45) is 0 Å². The number of rotatable bonds is 7.